The van der Waals surface area contributed by atoms with Gasteiger partial charge in [0, 0.05) is 29.1 Å². The van der Waals surface area contributed by atoms with Crippen molar-refractivity contribution in [2.45, 2.75) is 10.8 Å². The minimum absolute atomic E-state index is 0.240. The highest BCUT2D eigenvalue weighted by molar-refractivity contribution is 7.98. The van der Waals surface area contributed by atoms with Gasteiger partial charge in [0.05, 0.1) is 11.1 Å². The Labute approximate surface area is 162 Å². The van der Waals surface area contributed by atoms with Crippen LogP contribution in [0, 0.1) is 5.82 Å². The van der Waals surface area contributed by atoms with Gasteiger partial charge in [0.1, 0.15) is 27.6 Å². The fourth-order valence-electron chi connectivity index (χ4n) is 3.00. The van der Waals surface area contributed by atoms with Crippen LogP contribution in [0.1, 0.15) is 5.69 Å². The van der Waals surface area contributed by atoms with E-state index in [1.165, 1.54) is 12.1 Å². The van der Waals surface area contributed by atoms with Crippen molar-refractivity contribution < 1.29 is 4.39 Å². The quantitative estimate of drug-likeness (QED) is 0.302. The molecule has 0 aliphatic rings. The van der Waals surface area contributed by atoms with Crippen LogP contribution < -0.4 is 0 Å². The Kier molecular flexibility index (Phi) is 4.10. The van der Waals surface area contributed by atoms with Crippen molar-refractivity contribution in [1.29, 1.82) is 0 Å². The number of thiophene rings is 1. The fourth-order valence-corrected chi connectivity index (χ4v) is 4.87. The van der Waals surface area contributed by atoms with E-state index in [9.17, 15) is 4.39 Å². The van der Waals surface area contributed by atoms with Crippen LogP contribution in [-0.2, 0) is 5.75 Å². The van der Waals surface area contributed by atoms with Crippen molar-refractivity contribution in [1.82, 2.24) is 19.4 Å². The van der Waals surface area contributed by atoms with E-state index in [1.807, 2.05) is 35.0 Å². The number of thioether (sulfide) groups is 1. The molecule has 0 aliphatic carbocycles. The van der Waals surface area contributed by atoms with Crippen LogP contribution >= 0.6 is 23.1 Å². The monoisotopic (exact) mass is 392 g/mol. The number of fused-ring (bicyclic) bond motifs is 2. The molecule has 0 fully saturated rings. The zero-order chi connectivity index (χ0) is 18.2. The molecule has 1 aromatic carbocycles. The summed E-state index contributed by atoms with van der Waals surface area (Å²) >= 11 is 3.22. The zero-order valence-corrected chi connectivity index (χ0v) is 15.7. The number of benzene rings is 1. The first kappa shape index (κ1) is 16.4. The van der Waals surface area contributed by atoms with E-state index >= 15 is 0 Å². The summed E-state index contributed by atoms with van der Waals surface area (Å²) < 4.78 is 15.3. The number of halogens is 1. The smallest absolute Gasteiger partial charge is 0.137 e. The maximum Gasteiger partial charge on any atom is 0.137 e. The highest BCUT2D eigenvalue weighted by Gasteiger charge is 2.14. The van der Waals surface area contributed by atoms with Crippen LogP contribution in [0.25, 0.3) is 27.0 Å². The van der Waals surface area contributed by atoms with Gasteiger partial charge >= 0.3 is 0 Å². The Morgan fingerprint density at radius 2 is 1.96 bits per heavy atom. The molecular formula is C20H13FN4S2. The van der Waals surface area contributed by atoms with E-state index in [1.54, 1.807) is 41.6 Å². The Hall–Kier alpha value is -2.77. The summed E-state index contributed by atoms with van der Waals surface area (Å²) in [5, 5.41) is 3.99. The van der Waals surface area contributed by atoms with Crippen LogP contribution in [0.5, 0.6) is 0 Å². The van der Waals surface area contributed by atoms with Crippen molar-refractivity contribution in [2.75, 3.05) is 0 Å². The lowest BCUT2D eigenvalue weighted by atomic mass is 10.1. The van der Waals surface area contributed by atoms with Crippen LogP contribution in [-0.4, -0.2) is 19.4 Å². The van der Waals surface area contributed by atoms with Crippen molar-refractivity contribution in [3.8, 4) is 11.1 Å². The predicted molar refractivity (Wildman–Crippen MR) is 108 cm³/mol. The number of imidazole rings is 1. The van der Waals surface area contributed by atoms with Crippen LogP contribution in [0.15, 0.2) is 71.6 Å². The van der Waals surface area contributed by atoms with Gasteiger partial charge in [-0.25, -0.2) is 19.3 Å². The number of aromatic nitrogens is 4. The van der Waals surface area contributed by atoms with Crippen LogP contribution in [0.2, 0.25) is 0 Å². The lowest BCUT2D eigenvalue weighted by Gasteiger charge is -2.04. The van der Waals surface area contributed by atoms with Gasteiger partial charge in [0.15, 0.2) is 0 Å². The summed E-state index contributed by atoms with van der Waals surface area (Å²) in [5.74, 6) is 0.475. The zero-order valence-electron chi connectivity index (χ0n) is 14.0. The Morgan fingerprint density at radius 1 is 1.07 bits per heavy atom. The highest BCUT2D eigenvalue weighted by Crippen LogP contribution is 2.38. The molecule has 0 atom stereocenters. The van der Waals surface area contributed by atoms with Crippen molar-refractivity contribution >= 4 is 39.0 Å². The van der Waals surface area contributed by atoms with E-state index in [2.05, 4.69) is 20.3 Å². The predicted octanol–water partition coefficient (Wildman–Crippen LogP) is 5.44. The SMILES string of the molecule is Fc1ccc(-c2csc3ncnc(SCc4cn5ccccc5n4)c23)cc1. The first-order valence-electron chi connectivity index (χ1n) is 8.31. The second-order valence-electron chi connectivity index (χ2n) is 6.00. The van der Waals surface area contributed by atoms with Gasteiger partial charge in [-0.2, -0.15) is 0 Å². The summed E-state index contributed by atoms with van der Waals surface area (Å²) in [6.07, 6.45) is 5.62. The number of nitrogens with zero attached hydrogens (tertiary/aromatic N) is 4. The number of rotatable bonds is 4. The number of pyridine rings is 1. The van der Waals surface area contributed by atoms with Gasteiger partial charge in [0.25, 0.3) is 0 Å². The molecule has 5 aromatic rings. The molecule has 0 spiro atoms. The molecule has 0 radical (unpaired) electrons. The topological polar surface area (TPSA) is 43.1 Å². The lowest BCUT2D eigenvalue weighted by Crippen LogP contribution is -1.88. The summed E-state index contributed by atoms with van der Waals surface area (Å²) in [5.41, 5.74) is 3.93. The summed E-state index contributed by atoms with van der Waals surface area (Å²) in [6.45, 7) is 0. The Morgan fingerprint density at radius 3 is 2.81 bits per heavy atom. The number of hydrogen-bond donors (Lipinski definition) is 0. The standard InChI is InChI=1S/C20H13FN4S2/c21-14-6-4-13(5-7-14)16-11-27-20-18(16)19(22-12-23-20)26-10-15-9-25-8-2-1-3-17(25)24-15/h1-9,11-12H,10H2. The minimum Gasteiger partial charge on any atom is -0.307 e. The van der Waals surface area contributed by atoms with Gasteiger partial charge in [0.2, 0.25) is 0 Å². The van der Waals surface area contributed by atoms with Crippen LogP contribution in [0.4, 0.5) is 4.39 Å². The van der Waals surface area contributed by atoms with Gasteiger partial charge in [-0.05, 0) is 29.8 Å². The molecule has 7 heteroatoms. The summed E-state index contributed by atoms with van der Waals surface area (Å²) in [4.78, 5) is 14.5. The second kappa shape index (κ2) is 6.75. The van der Waals surface area contributed by atoms with Crippen molar-refractivity contribution in [3.63, 3.8) is 0 Å². The minimum atomic E-state index is -0.240. The average molecular weight is 392 g/mol. The van der Waals surface area contributed by atoms with Crippen LogP contribution in [0.3, 0.4) is 0 Å². The van der Waals surface area contributed by atoms with Gasteiger partial charge in [-0.1, -0.05) is 30.0 Å². The molecular weight excluding hydrogens is 379 g/mol. The maximum atomic E-state index is 13.3. The molecule has 0 unspecified atom stereocenters. The van der Waals surface area contributed by atoms with Gasteiger partial charge in [-0.15, -0.1) is 11.3 Å². The molecule has 0 saturated heterocycles. The molecule has 132 valence electrons. The molecule has 27 heavy (non-hydrogen) atoms. The molecule has 4 aromatic heterocycles. The van der Waals surface area contributed by atoms with E-state index in [0.717, 1.165) is 37.7 Å². The highest BCUT2D eigenvalue weighted by atomic mass is 32.2. The summed E-state index contributed by atoms with van der Waals surface area (Å²) in [6, 6.07) is 12.5. The molecule has 0 N–H and O–H groups in total. The average Bonchev–Trinajstić information content (AvgIpc) is 3.31. The molecule has 4 nitrogen and oxygen atoms in total. The largest absolute Gasteiger partial charge is 0.307 e. The van der Waals surface area contributed by atoms with E-state index in [4.69, 9.17) is 0 Å². The van der Waals surface area contributed by atoms with Crippen molar-refractivity contribution in [3.05, 3.63) is 78.1 Å². The normalized spacial score (nSPS) is 11.4. The molecule has 0 aliphatic heterocycles. The maximum absolute atomic E-state index is 13.3. The van der Waals surface area contributed by atoms with E-state index in [0.29, 0.717) is 5.75 Å². The van der Waals surface area contributed by atoms with E-state index < -0.39 is 0 Å². The first-order valence-corrected chi connectivity index (χ1v) is 10.2. The Balaban J connectivity index is 1.51. The molecule has 0 bridgehead atoms. The van der Waals surface area contributed by atoms with Crippen molar-refractivity contribution in [2.24, 2.45) is 0 Å². The molecule has 0 amide bonds. The van der Waals surface area contributed by atoms with E-state index in [-0.39, 0.29) is 5.82 Å². The third-order valence-corrected chi connectivity index (χ3v) is 6.17. The Bertz CT molecular complexity index is 1210. The molecule has 5 rings (SSSR count). The van der Waals surface area contributed by atoms with Gasteiger partial charge < -0.3 is 4.40 Å². The molecule has 4 heterocycles. The number of hydrogen-bond acceptors (Lipinski definition) is 5. The summed E-state index contributed by atoms with van der Waals surface area (Å²) in [7, 11) is 0. The third kappa shape index (κ3) is 3.09. The molecule has 0 saturated carbocycles. The lowest BCUT2D eigenvalue weighted by molar-refractivity contribution is 0.628. The fraction of sp³-hybridized carbons (Fsp3) is 0.0500. The van der Waals surface area contributed by atoms with Gasteiger partial charge in [-0.3, -0.25) is 0 Å². The second-order valence-corrected chi connectivity index (χ2v) is 7.82. The first-order chi connectivity index (χ1) is 13.3. The third-order valence-electron chi connectivity index (χ3n) is 4.26.